The molecular formula is C24H28N4O4. The number of hydrogen-bond acceptors (Lipinski definition) is 5. The fourth-order valence-corrected chi connectivity index (χ4v) is 3.38. The average molecular weight is 437 g/mol. The Morgan fingerprint density at radius 1 is 1.09 bits per heavy atom. The molecule has 2 aromatic carbocycles. The standard InChI is InChI=1S/C24H28N4O4/c1-16(2)21(27-22(29)17-9-5-4-6-10-17)24(31)28(13-14-32-3)15-20-25-19-12-8-7-11-18(19)23(30)26-20/h4-12,16,21H,13-15H2,1-3H3,(H,27,29)(H,25,26,30)/t21-/m0/s1. The number of amides is 2. The van der Waals surface area contributed by atoms with Crippen molar-refractivity contribution in [3.8, 4) is 0 Å². The summed E-state index contributed by atoms with van der Waals surface area (Å²) in [5.41, 5.74) is 0.778. The first-order valence-electron chi connectivity index (χ1n) is 10.5. The van der Waals surface area contributed by atoms with E-state index < -0.39 is 6.04 Å². The van der Waals surface area contributed by atoms with Gasteiger partial charge in [0, 0.05) is 19.2 Å². The van der Waals surface area contributed by atoms with Gasteiger partial charge in [0.25, 0.3) is 11.5 Å². The maximum Gasteiger partial charge on any atom is 0.258 e. The molecule has 1 atom stereocenters. The molecule has 0 saturated carbocycles. The predicted octanol–water partition coefficient (Wildman–Crippen LogP) is 2.35. The van der Waals surface area contributed by atoms with Gasteiger partial charge in [0.05, 0.1) is 24.1 Å². The number of H-pyrrole nitrogens is 1. The molecule has 1 aromatic heterocycles. The molecule has 0 fully saturated rings. The van der Waals surface area contributed by atoms with Crippen molar-refractivity contribution in [1.82, 2.24) is 20.2 Å². The minimum absolute atomic E-state index is 0.0900. The van der Waals surface area contributed by atoms with Crippen LogP contribution in [0.25, 0.3) is 10.9 Å². The van der Waals surface area contributed by atoms with E-state index in [1.54, 1.807) is 60.5 Å². The van der Waals surface area contributed by atoms with Gasteiger partial charge < -0.3 is 19.9 Å². The Hall–Kier alpha value is -3.52. The van der Waals surface area contributed by atoms with E-state index in [-0.39, 0.29) is 36.4 Å². The van der Waals surface area contributed by atoms with E-state index in [1.165, 1.54) is 0 Å². The number of aromatic amines is 1. The molecular weight excluding hydrogens is 408 g/mol. The van der Waals surface area contributed by atoms with Gasteiger partial charge in [-0.05, 0) is 30.2 Å². The highest BCUT2D eigenvalue weighted by Gasteiger charge is 2.29. The molecule has 8 heteroatoms. The van der Waals surface area contributed by atoms with Crippen LogP contribution in [-0.4, -0.2) is 53.0 Å². The van der Waals surface area contributed by atoms with E-state index in [4.69, 9.17) is 4.74 Å². The molecule has 0 aliphatic rings. The minimum atomic E-state index is -0.744. The van der Waals surface area contributed by atoms with E-state index in [1.807, 2.05) is 19.9 Å². The first-order valence-corrected chi connectivity index (χ1v) is 10.5. The van der Waals surface area contributed by atoms with Gasteiger partial charge in [-0.2, -0.15) is 0 Å². The predicted molar refractivity (Wildman–Crippen MR) is 122 cm³/mol. The smallest absolute Gasteiger partial charge is 0.258 e. The number of benzene rings is 2. The summed E-state index contributed by atoms with van der Waals surface area (Å²) in [5, 5.41) is 3.34. The monoisotopic (exact) mass is 436 g/mol. The van der Waals surface area contributed by atoms with Crippen molar-refractivity contribution in [2.75, 3.05) is 20.3 Å². The van der Waals surface area contributed by atoms with Gasteiger partial charge in [-0.1, -0.05) is 44.2 Å². The van der Waals surface area contributed by atoms with E-state index in [0.29, 0.717) is 28.9 Å². The highest BCUT2D eigenvalue weighted by atomic mass is 16.5. The third-order valence-electron chi connectivity index (χ3n) is 5.13. The molecule has 0 aliphatic heterocycles. The molecule has 0 saturated heterocycles. The molecule has 3 aromatic rings. The van der Waals surface area contributed by atoms with Crippen LogP contribution >= 0.6 is 0 Å². The average Bonchev–Trinajstić information content (AvgIpc) is 2.80. The van der Waals surface area contributed by atoms with Crippen LogP contribution in [-0.2, 0) is 16.1 Å². The number of ether oxygens (including phenoxy) is 1. The highest BCUT2D eigenvalue weighted by Crippen LogP contribution is 2.12. The Balaban J connectivity index is 1.85. The first kappa shape index (κ1) is 23.1. The Morgan fingerprint density at radius 2 is 1.78 bits per heavy atom. The molecule has 2 N–H and O–H groups in total. The number of carbonyl (C=O) groups excluding carboxylic acids is 2. The summed E-state index contributed by atoms with van der Waals surface area (Å²) < 4.78 is 5.17. The third kappa shape index (κ3) is 5.59. The van der Waals surface area contributed by atoms with Crippen molar-refractivity contribution in [2.45, 2.75) is 26.4 Å². The number of rotatable bonds is 9. The zero-order chi connectivity index (χ0) is 23.1. The summed E-state index contributed by atoms with van der Waals surface area (Å²) in [5.74, 6) is -0.363. The van der Waals surface area contributed by atoms with Gasteiger partial charge in [0.15, 0.2) is 0 Å². The zero-order valence-electron chi connectivity index (χ0n) is 18.5. The SMILES string of the molecule is COCCN(Cc1nc2ccccc2c(=O)[nH]1)C(=O)[C@@H](NC(=O)c1ccccc1)C(C)C. The molecule has 0 spiro atoms. The maximum atomic E-state index is 13.4. The number of fused-ring (bicyclic) bond motifs is 1. The van der Waals surface area contributed by atoms with Crippen molar-refractivity contribution in [3.63, 3.8) is 0 Å². The summed E-state index contributed by atoms with van der Waals surface area (Å²) in [6.45, 7) is 4.43. The fourth-order valence-electron chi connectivity index (χ4n) is 3.38. The number of methoxy groups -OCH3 is 1. The van der Waals surface area contributed by atoms with Gasteiger partial charge in [-0.15, -0.1) is 0 Å². The van der Waals surface area contributed by atoms with E-state index >= 15 is 0 Å². The number of nitrogens with one attached hydrogen (secondary N) is 2. The van der Waals surface area contributed by atoms with Crippen LogP contribution in [0.15, 0.2) is 59.4 Å². The molecule has 32 heavy (non-hydrogen) atoms. The Morgan fingerprint density at radius 3 is 2.47 bits per heavy atom. The molecule has 0 radical (unpaired) electrons. The molecule has 1 heterocycles. The van der Waals surface area contributed by atoms with E-state index in [9.17, 15) is 14.4 Å². The Kier molecular flexibility index (Phi) is 7.72. The molecule has 2 amide bonds. The van der Waals surface area contributed by atoms with Crippen molar-refractivity contribution in [2.24, 2.45) is 5.92 Å². The summed E-state index contributed by atoms with van der Waals surface area (Å²) in [4.78, 5) is 47.4. The number of para-hydroxylation sites is 1. The lowest BCUT2D eigenvalue weighted by molar-refractivity contribution is -0.135. The lowest BCUT2D eigenvalue weighted by Gasteiger charge is -2.29. The molecule has 8 nitrogen and oxygen atoms in total. The molecule has 0 aliphatic carbocycles. The summed E-state index contributed by atoms with van der Waals surface area (Å²) in [7, 11) is 1.55. The zero-order valence-corrected chi connectivity index (χ0v) is 18.5. The topological polar surface area (TPSA) is 104 Å². The van der Waals surface area contributed by atoms with Crippen LogP contribution in [0.2, 0.25) is 0 Å². The normalized spacial score (nSPS) is 12.0. The number of hydrogen-bond donors (Lipinski definition) is 2. The molecule has 168 valence electrons. The highest BCUT2D eigenvalue weighted by molar-refractivity contribution is 5.97. The maximum absolute atomic E-state index is 13.4. The minimum Gasteiger partial charge on any atom is -0.383 e. The lowest BCUT2D eigenvalue weighted by Crippen LogP contribution is -2.51. The molecule has 0 bridgehead atoms. The lowest BCUT2D eigenvalue weighted by atomic mass is 10.0. The first-order chi connectivity index (χ1) is 15.4. The second-order valence-corrected chi connectivity index (χ2v) is 7.84. The quantitative estimate of drug-likeness (QED) is 0.536. The number of carbonyl (C=O) groups is 2. The van der Waals surface area contributed by atoms with Crippen LogP contribution < -0.4 is 10.9 Å². The van der Waals surface area contributed by atoms with Crippen molar-refractivity contribution < 1.29 is 14.3 Å². The van der Waals surface area contributed by atoms with Gasteiger partial charge in [-0.25, -0.2) is 4.98 Å². The third-order valence-corrected chi connectivity index (χ3v) is 5.13. The Labute approximate surface area is 186 Å². The second kappa shape index (κ2) is 10.7. The largest absolute Gasteiger partial charge is 0.383 e. The molecule has 3 rings (SSSR count). The van der Waals surface area contributed by atoms with Gasteiger partial charge in [0.1, 0.15) is 11.9 Å². The van der Waals surface area contributed by atoms with Crippen LogP contribution in [0.4, 0.5) is 0 Å². The summed E-state index contributed by atoms with van der Waals surface area (Å²) in [6, 6.07) is 15.1. The number of nitrogens with zero attached hydrogens (tertiary/aromatic N) is 2. The Bertz CT molecular complexity index is 1130. The second-order valence-electron chi connectivity index (χ2n) is 7.84. The van der Waals surface area contributed by atoms with Gasteiger partial charge in [0.2, 0.25) is 5.91 Å². The van der Waals surface area contributed by atoms with Crippen LogP contribution in [0, 0.1) is 5.92 Å². The number of aromatic nitrogens is 2. The summed E-state index contributed by atoms with van der Waals surface area (Å²) in [6.07, 6.45) is 0. The van der Waals surface area contributed by atoms with E-state index in [2.05, 4.69) is 15.3 Å². The van der Waals surface area contributed by atoms with Crippen LogP contribution in [0.3, 0.4) is 0 Å². The fraction of sp³-hybridized carbons (Fsp3) is 0.333. The van der Waals surface area contributed by atoms with E-state index in [0.717, 1.165) is 0 Å². The van der Waals surface area contributed by atoms with Crippen molar-refractivity contribution in [3.05, 3.63) is 76.3 Å². The molecule has 0 unspecified atom stereocenters. The van der Waals surface area contributed by atoms with Gasteiger partial charge >= 0.3 is 0 Å². The van der Waals surface area contributed by atoms with Crippen LogP contribution in [0.5, 0.6) is 0 Å². The van der Waals surface area contributed by atoms with Crippen molar-refractivity contribution in [1.29, 1.82) is 0 Å². The summed E-state index contributed by atoms with van der Waals surface area (Å²) >= 11 is 0. The van der Waals surface area contributed by atoms with Gasteiger partial charge in [-0.3, -0.25) is 14.4 Å². The van der Waals surface area contributed by atoms with Crippen molar-refractivity contribution >= 4 is 22.7 Å². The van der Waals surface area contributed by atoms with Crippen LogP contribution in [0.1, 0.15) is 30.0 Å².